The third kappa shape index (κ3) is 2.20. The summed E-state index contributed by atoms with van der Waals surface area (Å²) in [5, 5.41) is 10.4. The Hall–Kier alpha value is -1.80. The van der Waals surface area contributed by atoms with Gasteiger partial charge in [0, 0.05) is 12.3 Å². The summed E-state index contributed by atoms with van der Waals surface area (Å²) in [4.78, 5) is 0. The SMILES string of the molecule is COC1=CC2=C(C)C(c3ccccc3)=CC(O)C2CC1. The molecule has 0 saturated heterocycles. The van der Waals surface area contributed by atoms with E-state index in [9.17, 15) is 5.11 Å². The average Bonchev–Trinajstić information content (AvgIpc) is 2.51. The molecule has 0 aliphatic heterocycles. The first-order valence-corrected chi connectivity index (χ1v) is 7.11. The summed E-state index contributed by atoms with van der Waals surface area (Å²) < 4.78 is 5.39. The van der Waals surface area contributed by atoms with E-state index in [4.69, 9.17) is 4.74 Å². The predicted molar refractivity (Wildman–Crippen MR) is 80.9 cm³/mol. The Morgan fingerprint density at radius 2 is 1.95 bits per heavy atom. The van der Waals surface area contributed by atoms with Crippen LogP contribution in [0.4, 0.5) is 0 Å². The highest BCUT2D eigenvalue weighted by Crippen LogP contribution is 2.41. The van der Waals surface area contributed by atoms with Crippen molar-refractivity contribution in [1.29, 1.82) is 0 Å². The number of hydrogen-bond donors (Lipinski definition) is 1. The second-order valence-electron chi connectivity index (χ2n) is 5.48. The van der Waals surface area contributed by atoms with Gasteiger partial charge in [0.1, 0.15) is 0 Å². The van der Waals surface area contributed by atoms with Crippen LogP contribution in [-0.2, 0) is 4.74 Å². The molecule has 1 aromatic rings. The number of aliphatic hydroxyl groups is 1. The van der Waals surface area contributed by atoms with Crippen LogP contribution in [-0.4, -0.2) is 18.3 Å². The van der Waals surface area contributed by atoms with Crippen molar-refractivity contribution in [1.82, 2.24) is 0 Å². The molecule has 2 aliphatic carbocycles. The van der Waals surface area contributed by atoms with Crippen LogP contribution in [0, 0.1) is 5.92 Å². The van der Waals surface area contributed by atoms with Crippen molar-refractivity contribution in [3.05, 3.63) is 65.0 Å². The zero-order valence-electron chi connectivity index (χ0n) is 12.0. The van der Waals surface area contributed by atoms with Crippen LogP contribution in [0.15, 0.2) is 59.4 Å². The summed E-state index contributed by atoms with van der Waals surface area (Å²) in [6.45, 7) is 2.14. The van der Waals surface area contributed by atoms with Gasteiger partial charge in [-0.2, -0.15) is 0 Å². The van der Waals surface area contributed by atoms with Crippen LogP contribution in [0.5, 0.6) is 0 Å². The van der Waals surface area contributed by atoms with E-state index in [2.05, 4.69) is 25.1 Å². The van der Waals surface area contributed by atoms with Crippen molar-refractivity contribution in [2.75, 3.05) is 7.11 Å². The van der Waals surface area contributed by atoms with E-state index in [1.54, 1.807) is 7.11 Å². The molecule has 2 nitrogen and oxygen atoms in total. The number of rotatable bonds is 2. The van der Waals surface area contributed by atoms with Crippen molar-refractivity contribution in [2.24, 2.45) is 5.92 Å². The van der Waals surface area contributed by atoms with E-state index in [0.29, 0.717) is 0 Å². The third-order valence-corrected chi connectivity index (χ3v) is 4.35. The van der Waals surface area contributed by atoms with Crippen molar-refractivity contribution in [3.63, 3.8) is 0 Å². The van der Waals surface area contributed by atoms with Crippen molar-refractivity contribution >= 4 is 5.57 Å². The predicted octanol–water partition coefficient (Wildman–Crippen LogP) is 3.70. The van der Waals surface area contributed by atoms with Crippen molar-refractivity contribution < 1.29 is 9.84 Å². The minimum Gasteiger partial charge on any atom is -0.501 e. The Morgan fingerprint density at radius 3 is 2.65 bits per heavy atom. The van der Waals surface area contributed by atoms with E-state index in [0.717, 1.165) is 29.7 Å². The number of hydrogen-bond acceptors (Lipinski definition) is 2. The molecule has 0 saturated carbocycles. The van der Waals surface area contributed by atoms with Crippen LogP contribution >= 0.6 is 0 Å². The topological polar surface area (TPSA) is 29.5 Å². The first-order valence-electron chi connectivity index (χ1n) is 7.11. The fourth-order valence-corrected chi connectivity index (χ4v) is 3.21. The van der Waals surface area contributed by atoms with Gasteiger partial charge in [-0.3, -0.25) is 0 Å². The summed E-state index contributed by atoms with van der Waals surface area (Å²) in [6.07, 6.45) is 5.57. The van der Waals surface area contributed by atoms with Gasteiger partial charge in [0.05, 0.1) is 19.0 Å². The molecule has 0 bridgehead atoms. The second-order valence-corrected chi connectivity index (χ2v) is 5.48. The van der Waals surface area contributed by atoms with Crippen molar-refractivity contribution in [3.8, 4) is 0 Å². The lowest BCUT2D eigenvalue weighted by Gasteiger charge is -2.33. The molecule has 2 unspecified atom stereocenters. The molecule has 2 aliphatic rings. The number of benzene rings is 1. The maximum atomic E-state index is 10.4. The molecule has 2 atom stereocenters. The van der Waals surface area contributed by atoms with Gasteiger partial charge in [0.25, 0.3) is 0 Å². The zero-order chi connectivity index (χ0) is 14.1. The maximum Gasteiger partial charge on any atom is 0.0958 e. The lowest BCUT2D eigenvalue weighted by molar-refractivity contribution is 0.155. The molecule has 0 radical (unpaired) electrons. The smallest absolute Gasteiger partial charge is 0.0958 e. The molecule has 2 heteroatoms. The van der Waals surface area contributed by atoms with Gasteiger partial charge in [-0.1, -0.05) is 30.3 Å². The van der Waals surface area contributed by atoms with Gasteiger partial charge >= 0.3 is 0 Å². The molecule has 0 aromatic heterocycles. The summed E-state index contributed by atoms with van der Waals surface area (Å²) in [6, 6.07) is 10.3. The molecule has 20 heavy (non-hydrogen) atoms. The highest BCUT2D eigenvalue weighted by atomic mass is 16.5. The molecule has 3 rings (SSSR count). The van der Waals surface area contributed by atoms with E-state index in [-0.39, 0.29) is 5.92 Å². The van der Waals surface area contributed by atoms with Crippen LogP contribution in [0.1, 0.15) is 25.3 Å². The Kier molecular flexibility index (Phi) is 3.49. The standard InChI is InChI=1S/C18H20O2/c1-12-16(13-6-4-3-5-7-13)11-18(19)15-9-8-14(20-2)10-17(12)15/h3-7,10-11,15,18-19H,8-9H2,1-2H3. The normalized spacial score (nSPS) is 25.8. The third-order valence-electron chi connectivity index (χ3n) is 4.35. The van der Waals surface area contributed by atoms with Gasteiger partial charge in [-0.15, -0.1) is 0 Å². The number of ether oxygens (including phenoxy) is 1. The van der Waals surface area contributed by atoms with Crippen LogP contribution in [0.3, 0.4) is 0 Å². The molecule has 104 valence electrons. The highest BCUT2D eigenvalue weighted by molar-refractivity contribution is 5.82. The van der Waals surface area contributed by atoms with Crippen LogP contribution in [0.25, 0.3) is 5.57 Å². The average molecular weight is 268 g/mol. The molecule has 0 spiro atoms. The lowest BCUT2D eigenvalue weighted by atomic mass is 9.75. The number of fused-ring (bicyclic) bond motifs is 1. The first kappa shape index (κ1) is 13.2. The first-order chi connectivity index (χ1) is 9.70. The molecule has 1 aromatic carbocycles. The van der Waals surface area contributed by atoms with Crippen molar-refractivity contribution in [2.45, 2.75) is 25.9 Å². The molecular weight excluding hydrogens is 248 g/mol. The summed E-state index contributed by atoms with van der Waals surface area (Å²) in [5.74, 6) is 1.22. The van der Waals surface area contributed by atoms with E-state index in [1.807, 2.05) is 24.3 Å². The van der Waals surface area contributed by atoms with Crippen LogP contribution in [0.2, 0.25) is 0 Å². The van der Waals surface area contributed by atoms with E-state index < -0.39 is 6.10 Å². The Bertz CT molecular complexity index is 593. The largest absolute Gasteiger partial charge is 0.501 e. The molecule has 1 N–H and O–H groups in total. The minimum absolute atomic E-state index is 0.210. The molecular formula is C18H20O2. The lowest BCUT2D eigenvalue weighted by Crippen LogP contribution is -2.27. The van der Waals surface area contributed by atoms with E-state index in [1.165, 1.54) is 11.1 Å². The van der Waals surface area contributed by atoms with Gasteiger partial charge in [0.2, 0.25) is 0 Å². The Labute approximate surface area is 120 Å². The second kappa shape index (κ2) is 5.29. The van der Waals surface area contributed by atoms with Gasteiger partial charge in [-0.05, 0) is 47.8 Å². The summed E-state index contributed by atoms with van der Waals surface area (Å²) in [5.41, 5.74) is 4.77. The van der Waals surface area contributed by atoms with Crippen LogP contribution < -0.4 is 0 Å². The molecule has 0 fully saturated rings. The monoisotopic (exact) mass is 268 g/mol. The number of allylic oxidation sites excluding steroid dienone is 4. The molecule has 0 amide bonds. The Morgan fingerprint density at radius 1 is 1.20 bits per heavy atom. The summed E-state index contributed by atoms with van der Waals surface area (Å²) in [7, 11) is 1.72. The maximum absolute atomic E-state index is 10.4. The minimum atomic E-state index is -0.404. The van der Waals surface area contributed by atoms with Gasteiger partial charge < -0.3 is 9.84 Å². The van der Waals surface area contributed by atoms with Gasteiger partial charge in [0.15, 0.2) is 0 Å². The van der Waals surface area contributed by atoms with E-state index >= 15 is 0 Å². The molecule has 0 heterocycles. The fraction of sp³-hybridized carbons (Fsp3) is 0.333. The zero-order valence-corrected chi connectivity index (χ0v) is 12.0. The quantitative estimate of drug-likeness (QED) is 0.886. The fourth-order valence-electron chi connectivity index (χ4n) is 3.21. The highest BCUT2D eigenvalue weighted by Gasteiger charge is 2.31. The van der Waals surface area contributed by atoms with Gasteiger partial charge in [-0.25, -0.2) is 0 Å². The Balaban J connectivity index is 2.08. The summed E-state index contributed by atoms with van der Waals surface area (Å²) >= 11 is 0. The number of methoxy groups -OCH3 is 1. The number of aliphatic hydroxyl groups excluding tert-OH is 1.